The van der Waals surface area contributed by atoms with Crippen molar-refractivity contribution in [2.24, 2.45) is 0 Å². The van der Waals surface area contributed by atoms with Crippen molar-refractivity contribution in [1.29, 1.82) is 0 Å². The van der Waals surface area contributed by atoms with E-state index in [1.807, 2.05) is 6.92 Å². The van der Waals surface area contributed by atoms with Crippen LogP contribution in [0.3, 0.4) is 0 Å². The summed E-state index contributed by atoms with van der Waals surface area (Å²) >= 11 is 6.02. The van der Waals surface area contributed by atoms with Gasteiger partial charge in [-0.2, -0.15) is 0 Å². The molecule has 1 aliphatic rings. The molecule has 0 saturated carbocycles. The Labute approximate surface area is 129 Å². The number of ether oxygens (including phenoxy) is 2. The first-order chi connectivity index (χ1) is 10.0. The van der Waals surface area contributed by atoms with E-state index in [2.05, 4.69) is 0 Å². The van der Waals surface area contributed by atoms with E-state index >= 15 is 0 Å². The average molecular weight is 314 g/mol. The van der Waals surface area contributed by atoms with Gasteiger partial charge in [0, 0.05) is 13.1 Å². The van der Waals surface area contributed by atoms with E-state index in [0.717, 1.165) is 0 Å². The van der Waals surface area contributed by atoms with Crippen molar-refractivity contribution in [1.82, 2.24) is 4.90 Å². The highest BCUT2D eigenvalue weighted by atomic mass is 35.5. The standard InChI is InChI=1S/C15H20ClNO4/c1-10-7-17(8-12(9-18)20-10)15(19)11(2)21-14-6-4-3-5-13(14)16/h3-6,10-12,18H,7-9H2,1-2H3. The van der Waals surface area contributed by atoms with Gasteiger partial charge in [-0.15, -0.1) is 0 Å². The number of benzene rings is 1. The molecule has 116 valence electrons. The second kappa shape index (κ2) is 7.11. The van der Waals surface area contributed by atoms with E-state index in [4.69, 9.17) is 21.1 Å². The summed E-state index contributed by atoms with van der Waals surface area (Å²) in [6.07, 6.45) is -1.09. The van der Waals surface area contributed by atoms with Gasteiger partial charge in [-0.25, -0.2) is 0 Å². The molecule has 6 heteroatoms. The lowest BCUT2D eigenvalue weighted by atomic mass is 10.2. The van der Waals surface area contributed by atoms with E-state index < -0.39 is 6.10 Å². The molecule has 0 spiro atoms. The van der Waals surface area contributed by atoms with Crippen LogP contribution in [0.4, 0.5) is 0 Å². The van der Waals surface area contributed by atoms with Crippen molar-refractivity contribution in [3.8, 4) is 5.75 Å². The summed E-state index contributed by atoms with van der Waals surface area (Å²) in [5, 5.41) is 9.68. The maximum absolute atomic E-state index is 12.4. The molecule has 3 atom stereocenters. The average Bonchev–Trinajstić information content (AvgIpc) is 2.48. The number of carbonyl (C=O) groups excluding carboxylic acids is 1. The van der Waals surface area contributed by atoms with Crippen molar-refractivity contribution in [3.63, 3.8) is 0 Å². The van der Waals surface area contributed by atoms with Crippen LogP contribution in [-0.4, -0.2) is 53.9 Å². The Hall–Kier alpha value is -1.30. The van der Waals surface area contributed by atoms with E-state index in [-0.39, 0.29) is 24.7 Å². The molecular formula is C15H20ClNO4. The van der Waals surface area contributed by atoms with Gasteiger partial charge in [0.2, 0.25) is 0 Å². The number of halogens is 1. The number of hydrogen-bond acceptors (Lipinski definition) is 4. The van der Waals surface area contributed by atoms with Gasteiger partial charge in [-0.05, 0) is 26.0 Å². The Balaban J connectivity index is 2.00. The van der Waals surface area contributed by atoms with Crippen molar-refractivity contribution < 1.29 is 19.4 Å². The van der Waals surface area contributed by atoms with Gasteiger partial charge in [0.1, 0.15) is 5.75 Å². The van der Waals surface area contributed by atoms with Crippen molar-refractivity contribution in [2.45, 2.75) is 32.2 Å². The minimum absolute atomic E-state index is 0.103. The molecule has 1 aromatic carbocycles. The zero-order valence-electron chi connectivity index (χ0n) is 12.2. The Morgan fingerprint density at radius 1 is 1.52 bits per heavy atom. The Morgan fingerprint density at radius 2 is 2.24 bits per heavy atom. The quantitative estimate of drug-likeness (QED) is 0.919. The van der Waals surface area contributed by atoms with Gasteiger partial charge in [0.15, 0.2) is 6.10 Å². The molecule has 3 unspecified atom stereocenters. The van der Waals surface area contributed by atoms with Gasteiger partial charge >= 0.3 is 0 Å². The Bertz CT molecular complexity index is 496. The van der Waals surface area contributed by atoms with Crippen LogP contribution in [0.25, 0.3) is 0 Å². The molecule has 1 N–H and O–H groups in total. The summed E-state index contributed by atoms with van der Waals surface area (Å²) in [6.45, 7) is 4.33. The lowest BCUT2D eigenvalue weighted by Crippen LogP contribution is -2.53. The van der Waals surface area contributed by atoms with Gasteiger partial charge in [0.05, 0.1) is 23.8 Å². The second-order valence-electron chi connectivity index (χ2n) is 5.19. The molecule has 2 rings (SSSR count). The summed E-state index contributed by atoms with van der Waals surface area (Å²) in [7, 11) is 0. The Morgan fingerprint density at radius 3 is 2.90 bits per heavy atom. The SMILES string of the molecule is CC1CN(C(=O)C(C)Oc2ccccc2Cl)CC(CO)O1. The van der Waals surface area contributed by atoms with Crippen LogP contribution in [0.2, 0.25) is 5.02 Å². The molecule has 1 amide bonds. The molecule has 5 nitrogen and oxygen atoms in total. The third-order valence-corrected chi connectivity index (χ3v) is 3.64. The summed E-state index contributed by atoms with van der Waals surface area (Å²) in [5.41, 5.74) is 0. The molecule has 21 heavy (non-hydrogen) atoms. The molecule has 0 radical (unpaired) electrons. The Kier molecular flexibility index (Phi) is 5.45. The molecule has 0 aromatic heterocycles. The molecular weight excluding hydrogens is 294 g/mol. The summed E-state index contributed by atoms with van der Waals surface area (Å²) in [4.78, 5) is 14.1. The number of hydrogen-bond donors (Lipinski definition) is 1. The minimum Gasteiger partial charge on any atom is -0.479 e. The number of carbonyl (C=O) groups is 1. The van der Waals surface area contributed by atoms with E-state index in [1.54, 1.807) is 36.1 Å². The largest absolute Gasteiger partial charge is 0.479 e. The fraction of sp³-hybridized carbons (Fsp3) is 0.533. The zero-order chi connectivity index (χ0) is 15.4. The van der Waals surface area contributed by atoms with Crippen LogP contribution in [-0.2, 0) is 9.53 Å². The highest BCUT2D eigenvalue weighted by Gasteiger charge is 2.31. The first-order valence-corrected chi connectivity index (χ1v) is 7.35. The van der Waals surface area contributed by atoms with Crippen LogP contribution in [0.5, 0.6) is 5.75 Å². The monoisotopic (exact) mass is 313 g/mol. The smallest absolute Gasteiger partial charge is 0.263 e. The topological polar surface area (TPSA) is 59.0 Å². The number of aliphatic hydroxyl groups is 1. The van der Waals surface area contributed by atoms with Crippen molar-refractivity contribution >= 4 is 17.5 Å². The normalized spacial score (nSPS) is 23.7. The van der Waals surface area contributed by atoms with Crippen LogP contribution in [0, 0.1) is 0 Å². The summed E-state index contributed by atoms with van der Waals surface area (Å²) < 4.78 is 11.2. The molecule has 0 aliphatic carbocycles. The highest BCUT2D eigenvalue weighted by Crippen LogP contribution is 2.25. The zero-order valence-corrected chi connectivity index (χ0v) is 12.9. The molecule has 1 saturated heterocycles. The summed E-state index contributed by atoms with van der Waals surface area (Å²) in [6, 6.07) is 7.05. The molecule has 1 heterocycles. The van der Waals surface area contributed by atoms with Gasteiger partial charge in [-0.3, -0.25) is 4.79 Å². The number of aliphatic hydroxyl groups excluding tert-OH is 1. The second-order valence-corrected chi connectivity index (χ2v) is 5.59. The first kappa shape index (κ1) is 16.1. The minimum atomic E-state index is -0.644. The first-order valence-electron chi connectivity index (χ1n) is 6.97. The fourth-order valence-corrected chi connectivity index (χ4v) is 2.54. The molecule has 1 aromatic rings. The molecule has 0 bridgehead atoms. The number of nitrogens with zero attached hydrogens (tertiary/aromatic N) is 1. The van der Waals surface area contributed by atoms with Gasteiger partial charge in [0.25, 0.3) is 5.91 Å². The lowest BCUT2D eigenvalue weighted by Gasteiger charge is -2.37. The third-order valence-electron chi connectivity index (χ3n) is 3.33. The molecule has 1 fully saturated rings. The summed E-state index contributed by atoms with van der Waals surface area (Å²) in [5.74, 6) is 0.351. The van der Waals surface area contributed by atoms with E-state index in [0.29, 0.717) is 23.9 Å². The third kappa shape index (κ3) is 4.09. The maximum atomic E-state index is 12.4. The van der Waals surface area contributed by atoms with Gasteiger partial charge < -0.3 is 19.5 Å². The van der Waals surface area contributed by atoms with Crippen LogP contribution in [0.1, 0.15) is 13.8 Å². The number of morpholine rings is 1. The predicted molar refractivity (Wildman–Crippen MR) is 79.5 cm³/mol. The predicted octanol–water partition coefficient (Wildman–Crippen LogP) is 1.72. The number of amides is 1. The number of rotatable bonds is 4. The van der Waals surface area contributed by atoms with Crippen LogP contribution in [0.15, 0.2) is 24.3 Å². The van der Waals surface area contributed by atoms with Crippen molar-refractivity contribution in [3.05, 3.63) is 29.3 Å². The van der Waals surface area contributed by atoms with E-state index in [1.165, 1.54) is 0 Å². The van der Waals surface area contributed by atoms with Gasteiger partial charge in [-0.1, -0.05) is 23.7 Å². The van der Waals surface area contributed by atoms with Crippen LogP contribution >= 0.6 is 11.6 Å². The lowest BCUT2D eigenvalue weighted by molar-refractivity contribution is -0.153. The van der Waals surface area contributed by atoms with Crippen LogP contribution < -0.4 is 4.74 Å². The molecule has 1 aliphatic heterocycles. The highest BCUT2D eigenvalue weighted by molar-refractivity contribution is 6.32. The number of para-hydroxylation sites is 1. The van der Waals surface area contributed by atoms with Crippen molar-refractivity contribution in [2.75, 3.05) is 19.7 Å². The fourth-order valence-electron chi connectivity index (χ4n) is 2.36. The van der Waals surface area contributed by atoms with E-state index in [9.17, 15) is 9.90 Å². The maximum Gasteiger partial charge on any atom is 0.263 e.